The summed E-state index contributed by atoms with van der Waals surface area (Å²) in [7, 11) is 0. The maximum atomic E-state index is 12.5. The van der Waals surface area contributed by atoms with Gasteiger partial charge in [0.2, 0.25) is 5.13 Å². The monoisotopic (exact) mass is 475 g/mol. The van der Waals surface area contributed by atoms with Crippen molar-refractivity contribution in [3.05, 3.63) is 69.7 Å². The van der Waals surface area contributed by atoms with E-state index in [1.165, 1.54) is 16.9 Å². The van der Waals surface area contributed by atoms with Gasteiger partial charge in [0.1, 0.15) is 0 Å². The summed E-state index contributed by atoms with van der Waals surface area (Å²) in [5, 5.41) is 11.2. The Bertz CT molecular complexity index is 1030. The Balaban J connectivity index is 1.38. The van der Waals surface area contributed by atoms with Crippen molar-refractivity contribution in [2.45, 2.75) is 22.6 Å². The van der Waals surface area contributed by atoms with Crippen LogP contribution in [0.5, 0.6) is 0 Å². The van der Waals surface area contributed by atoms with Gasteiger partial charge in [-0.1, -0.05) is 69.4 Å². The number of benzene rings is 2. The van der Waals surface area contributed by atoms with Gasteiger partial charge in [-0.3, -0.25) is 10.1 Å². The minimum absolute atomic E-state index is 0.320. The van der Waals surface area contributed by atoms with Crippen molar-refractivity contribution in [3.8, 4) is 0 Å². The molecular formula is C19H14BrN3O3S2. The van der Waals surface area contributed by atoms with Crippen LogP contribution in [0.2, 0.25) is 0 Å². The minimum Gasteiger partial charge on any atom is -0.448 e. The van der Waals surface area contributed by atoms with Crippen molar-refractivity contribution in [1.29, 1.82) is 0 Å². The number of fused-ring (bicyclic) bond motifs is 1. The number of esters is 1. The van der Waals surface area contributed by atoms with Gasteiger partial charge in [0.15, 0.2) is 10.4 Å². The maximum absolute atomic E-state index is 12.5. The number of anilines is 1. The molecule has 1 aromatic heterocycles. The molecule has 0 radical (unpaired) electrons. The van der Waals surface area contributed by atoms with Crippen LogP contribution in [0.15, 0.2) is 57.3 Å². The number of nitrogens with one attached hydrogen (secondary N) is 1. The molecule has 1 atom stereocenters. The molecule has 2 aromatic carbocycles. The molecule has 142 valence electrons. The summed E-state index contributed by atoms with van der Waals surface area (Å²) >= 11 is 6.23. The molecule has 1 aliphatic heterocycles. The first-order valence-electron chi connectivity index (χ1n) is 8.39. The summed E-state index contributed by atoms with van der Waals surface area (Å²) in [6.45, 7) is 0. The van der Waals surface area contributed by atoms with E-state index < -0.39 is 18.0 Å². The third kappa shape index (κ3) is 4.43. The Kier molecular flexibility index (Phi) is 5.74. The molecule has 0 bridgehead atoms. The first-order chi connectivity index (χ1) is 13.6. The first kappa shape index (κ1) is 19.1. The van der Waals surface area contributed by atoms with Gasteiger partial charge >= 0.3 is 5.97 Å². The second-order valence-electron chi connectivity index (χ2n) is 6.04. The number of halogens is 1. The summed E-state index contributed by atoms with van der Waals surface area (Å²) in [6.07, 6.45) is -0.570. The number of ether oxygens (including phenoxy) is 1. The molecule has 3 aromatic rings. The van der Waals surface area contributed by atoms with E-state index in [0.717, 1.165) is 20.1 Å². The topological polar surface area (TPSA) is 81.2 Å². The summed E-state index contributed by atoms with van der Waals surface area (Å²) < 4.78 is 6.89. The minimum atomic E-state index is -0.890. The lowest BCUT2D eigenvalue weighted by molar-refractivity contribution is -0.125. The molecule has 0 spiro atoms. The van der Waals surface area contributed by atoms with E-state index in [-0.39, 0.29) is 0 Å². The van der Waals surface area contributed by atoms with Crippen molar-refractivity contribution < 1.29 is 14.3 Å². The Labute approximate surface area is 177 Å². The lowest BCUT2D eigenvalue weighted by atomic mass is 9.98. The molecule has 9 heteroatoms. The number of amides is 1. The highest BCUT2D eigenvalue weighted by Crippen LogP contribution is 2.29. The highest BCUT2D eigenvalue weighted by atomic mass is 79.9. The van der Waals surface area contributed by atoms with Gasteiger partial charge < -0.3 is 4.74 Å². The molecule has 2 heterocycles. The van der Waals surface area contributed by atoms with E-state index in [9.17, 15) is 9.59 Å². The predicted molar refractivity (Wildman–Crippen MR) is 112 cm³/mol. The zero-order valence-electron chi connectivity index (χ0n) is 14.4. The Morgan fingerprint density at radius 3 is 2.89 bits per heavy atom. The van der Waals surface area contributed by atoms with Crippen molar-refractivity contribution in [1.82, 2.24) is 10.2 Å². The van der Waals surface area contributed by atoms with Crippen LogP contribution in [0.25, 0.3) is 0 Å². The summed E-state index contributed by atoms with van der Waals surface area (Å²) in [5.41, 5.74) is 2.46. The zero-order chi connectivity index (χ0) is 19.5. The van der Waals surface area contributed by atoms with Crippen LogP contribution in [0.1, 0.15) is 21.5 Å². The van der Waals surface area contributed by atoms with Crippen LogP contribution in [-0.2, 0) is 21.7 Å². The molecule has 1 amide bonds. The zero-order valence-corrected chi connectivity index (χ0v) is 17.6. The van der Waals surface area contributed by atoms with Gasteiger partial charge in [-0.2, -0.15) is 0 Å². The fraction of sp³-hybridized carbons (Fsp3) is 0.158. The smallest absolute Gasteiger partial charge is 0.339 e. The number of nitrogens with zero attached hydrogens (tertiary/aromatic N) is 2. The number of carbonyl (C=O) groups is 2. The van der Waals surface area contributed by atoms with Crippen LogP contribution >= 0.6 is 39.0 Å². The van der Waals surface area contributed by atoms with Gasteiger partial charge in [0.25, 0.3) is 5.91 Å². The summed E-state index contributed by atoms with van der Waals surface area (Å²) in [5.74, 6) is -0.130. The molecule has 1 unspecified atom stereocenters. The number of aromatic nitrogens is 2. The van der Waals surface area contributed by atoms with Gasteiger partial charge in [-0.15, -0.1) is 10.2 Å². The molecule has 4 rings (SSSR count). The number of hydrogen-bond acceptors (Lipinski definition) is 7. The van der Waals surface area contributed by atoms with Gasteiger partial charge in [-0.25, -0.2) is 4.79 Å². The average Bonchev–Trinajstić information content (AvgIpc) is 3.14. The Morgan fingerprint density at radius 1 is 1.25 bits per heavy atom. The molecule has 1 N–H and O–H groups in total. The molecule has 0 saturated carbocycles. The van der Waals surface area contributed by atoms with Crippen molar-refractivity contribution in [2.75, 3.05) is 5.32 Å². The summed E-state index contributed by atoms with van der Waals surface area (Å²) in [6, 6.07) is 15.3. The molecule has 6 nitrogen and oxygen atoms in total. The van der Waals surface area contributed by atoms with Crippen LogP contribution < -0.4 is 5.32 Å². The molecular weight excluding hydrogens is 462 g/mol. The third-order valence-corrected chi connectivity index (χ3v) is 6.61. The van der Waals surface area contributed by atoms with Crippen LogP contribution in [0, 0.1) is 0 Å². The SMILES string of the molecule is O=C1OC(C(=O)Nc2nnc(SCc3ccccc3)s2)Cc2cc(Br)ccc21. The predicted octanol–water partition coefficient (Wildman–Crippen LogP) is 4.31. The van der Waals surface area contributed by atoms with E-state index in [4.69, 9.17) is 4.74 Å². The van der Waals surface area contributed by atoms with E-state index in [1.54, 1.807) is 23.9 Å². The second-order valence-corrected chi connectivity index (χ2v) is 9.15. The lowest BCUT2D eigenvalue weighted by Gasteiger charge is -2.23. The average molecular weight is 476 g/mol. The quantitative estimate of drug-likeness (QED) is 0.336. The maximum Gasteiger partial charge on any atom is 0.339 e. The number of hydrogen-bond donors (Lipinski definition) is 1. The highest BCUT2D eigenvalue weighted by Gasteiger charge is 2.32. The second kappa shape index (κ2) is 8.42. The lowest BCUT2D eigenvalue weighted by Crippen LogP contribution is -2.38. The van der Waals surface area contributed by atoms with Gasteiger partial charge in [0, 0.05) is 16.6 Å². The van der Waals surface area contributed by atoms with E-state index in [1.807, 2.05) is 36.4 Å². The van der Waals surface area contributed by atoms with Crippen LogP contribution in [-0.4, -0.2) is 28.2 Å². The molecule has 0 saturated heterocycles. The standard InChI is InChI=1S/C19H14BrN3O3S2/c20-13-6-7-14-12(8-13)9-15(26-17(14)25)16(24)21-18-22-23-19(28-18)27-10-11-4-2-1-3-5-11/h1-8,15H,9-10H2,(H,21,22,24). The Morgan fingerprint density at radius 2 is 2.07 bits per heavy atom. The number of cyclic esters (lactones) is 1. The van der Waals surface area contributed by atoms with Crippen molar-refractivity contribution >= 4 is 56.0 Å². The normalized spacial score (nSPS) is 15.6. The van der Waals surface area contributed by atoms with Gasteiger partial charge in [-0.05, 0) is 29.3 Å². The van der Waals surface area contributed by atoms with Crippen LogP contribution in [0.4, 0.5) is 5.13 Å². The molecule has 0 fully saturated rings. The first-order valence-corrected chi connectivity index (χ1v) is 11.0. The summed E-state index contributed by atoms with van der Waals surface area (Å²) in [4.78, 5) is 24.7. The molecule has 28 heavy (non-hydrogen) atoms. The number of rotatable bonds is 5. The fourth-order valence-corrected chi connectivity index (χ4v) is 4.85. The Hall–Kier alpha value is -2.23. The fourth-order valence-electron chi connectivity index (χ4n) is 2.73. The molecule has 0 aliphatic carbocycles. The largest absolute Gasteiger partial charge is 0.448 e. The van der Waals surface area contributed by atoms with Gasteiger partial charge in [0.05, 0.1) is 5.56 Å². The third-order valence-electron chi connectivity index (χ3n) is 4.08. The molecule has 1 aliphatic rings. The highest BCUT2D eigenvalue weighted by molar-refractivity contribution is 9.10. The van der Waals surface area contributed by atoms with E-state index in [0.29, 0.717) is 17.1 Å². The number of thioether (sulfide) groups is 1. The number of carbonyl (C=O) groups excluding carboxylic acids is 2. The van der Waals surface area contributed by atoms with E-state index >= 15 is 0 Å². The van der Waals surface area contributed by atoms with Crippen LogP contribution in [0.3, 0.4) is 0 Å². The van der Waals surface area contributed by atoms with Crippen molar-refractivity contribution in [3.63, 3.8) is 0 Å². The van der Waals surface area contributed by atoms with Crippen molar-refractivity contribution in [2.24, 2.45) is 0 Å². The van der Waals surface area contributed by atoms with E-state index in [2.05, 4.69) is 31.4 Å².